The van der Waals surface area contributed by atoms with E-state index >= 15 is 0 Å². The lowest BCUT2D eigenvalue weighted by Crippen LogP contribution is -2.44. The van der Waals surface area contributed by atoms with E-state index in [1.807, 2.05) is 12.1 Å². The zero-order valence-corrected chi connectivity index (χ0v) is 15.9. The number of amides is 1. The first-order valence-electron chi connectivity index (χ1n) is 9.59. The van der Waals surface area contributed by atoms with Crippen LogP contribution in [0.5, 0.6) is 0 Å². The van der Waals surface area contributed by atoms with Gasteiger partial charge in [0.25, 0.3) is 5.91 Å². The number of halogens is 1. The van der Waals surface area contributed by atoms with E-state index in [-0.39, 0.29) is 23.3 Å². The molecule has 2 aromatic carbocycles. The summed E-state index contributed by atoms with van der Waals surface area (Å²) in [5, 5.41) is 3.65. The smallest absolute Gasteiger partial charge is 0.252 e. The van der Waals surface area contributed by atoms with E-state index in [4.69, 9.17) is 4.74 Å². The summed E-state index contributed by atoms with van der Waals surface area (Å²) in [6.07, 6.45) is 0. The number of benzene rings is 2. The van der Waals surface area contributed by atoms with E-state index in [0.29, 0.717) is 36.2 Å². The van der Waals surface area contributed by atoms with Crippen LogP contribution in [0.3, 0.4) is 0 Å². The maximum Gasteiger partial charge on any atom is 0.252 e. The number of nitrogens with one attached hydrogen (secondary N) is 2. The molecule has 0 bridgehead atoms. The molecule has 1 aliphatic heterocycles. The van der Waals surface area contributed by atoms with Crippen LogP contribution < -0.4 is 10.9 Å². The summed E-state index contributed by atoms with van der Waals surface area (Å²) in [4.78, 5) is 29.8. The molecule has 4 rings (SSSR count). The Morgan fingerprint density at radius 1 is 1.14 bits per heavy atom. The van der Waals surface area contributed by atoms with Crippen molar-refractivity contribution < 1.29 is 13.9 Å². The minimum absolute atomic E-state index is 0.114. The number of morpholine rings is 1. The molecule has 6 nitrogen and oxygen atoms in total. The first-order valence-corrected chi connectivity index (χ1v) is 9.59. The SMILES string of the molecule is O=C(NCC(c1ccc(F)cc1)N1CCOCC1)c1cc(=O)[nH]c2ccccc12. The zero-order chi connectivity index (χ0) is 20.2. The number of H-pyrrole nitrogens is 1. The fraction of sp³-hybridized carbons (Fsp3) is 0.273. The number of carbonyl (C=O) groups excluding carboxylic acids is 1. The summed E-state index contributed by atoms with van der Waals surface area (Å²) in [7, 11) is 0. The number of nitrogens with zero attached hydrogens (tertiary/aromatic N) is 1. The highest BCUT2D eigenvalue weighted by atomic mass is 19.1. The molecule has 1 aromatic heterocycles. The number of rotatable bonds is 5. The summed E-state index contributed by atoms with van der Waals surface area (Å²) >= 11 is 0. The van der Waals surface area contributed by atoms with Gasteiger partial charge >= 0.3 is 0 Å². The van der Waals surface area contributed by atoms with Crippen molar-refractivity contribution in [2.75, 3.05) is 32.8 Å². The Morgan fingerprint density at radius 3 is 2.62 bits per heavy atom. The number of fused-ring (bicyclic) bond motifs is 1. The Balaban J connectivity index is 1.58. The van der Waals surface area contributed by atoms with Gasteiger partial charge in [-0.1, -0.05) is 30.3 Å². The molecule has 0 spiro atoms. The van der Waals surface area contributed by atoms with Crippen LogP contribution in [-0.2, 0) is 4.74 Å². The Morgan fingerprint density at radius 2 is 1.86 bits per heavy atom. The quantitative estimate of drug-likeness (QED) is 0.696. The summed E-state index contributed by atoms with van der Waals surface area (Å²) < 4.78 is 18.8. The maximum atomic E-state index is 13.4. The van der Waals surface area contributed by atoms with Gasteiger partial charge in [0.1, 0.15) is 5.82 Å². The predicted molar refractivity (Wildman–Crippen MR) is 108 cm³/mol. The van der Waals surface area contributed by atoms with E-state index in [2.05, 4.69) is 15.2 Å². The Hall–Kier alpha value is -3.03. The van der Waals surface area contributed by atoms with E-state index in [1.54, 1.807) is 24.3 Å². The molecule has 1 unspecified atom stereocenters. The third kappa shape index (κ3) is 4.36. The first kappa shape index (κ1) is 19.3. The topological polar surface area (TPSA) is 74.4 Å². The highest BCUT2D eigenvalue weighted by molar-refractivity contribution is 6.05. The zero-order valence-electron chi connectivity index (χ0n) is 15.9. The highest BCUT2D eigenvalue weighted by Crippen LogP contribution is 2.22. The Kier molecular flexibility index (Phi) is 5.69. The molecule has 1 amide bonds. The fourth-order valence-corrected chi connectivity index (χ4v) is 3.71. The standard InChI is InChI=1S/C22H22FN3O3/c23-16-7-5-15(6-8-16)20(26-9-11-29-12-10-26)14-24-22(28)18-13-21(27)25-19-4-2-1-3-17(18)19/h1-8,13,20H,9-12,14H2,(H,24,28)(H,25,27). The molecule has 1 aliphatic rings. The first-order chi connectivity index (χ1) is 14.1. The number of ether oxygens (including phenoxy) is 1. The van der Waals surface area contributed by atoms with Gasteiger partial charge in [0.2, 0.25) is 5.56 Å². The van der Waals surface area contributed by atoms with Gasteiger partial charge in [-0.15, -0.1) is 0 Å². The summed E-state index contributed by atoms with van der Waals surface area (Å²) in [6.45, 7) is 3.03. The molecular weight excluding hydrogens is 373 g/mol. The molecule has 3 aromatic rings. The molecule has 0 saturated carbocycles. The van der Waals surface area contributed by atoms with Crippen LogP contribution in [0.2, 0.25) is 0 Å². The molecule has 1 fully saturated rings. The minimum Gasteiger partial charge on any atom is -0.379 e. The molecule has 0 radical (unpaired) electrons. The predicted octanol–water partition coefficient (Wildman–Crippen LogP) is 2.47. The van der Waals surface area contributed by atoms with Gasteiger partial charge in [-0.25, -0.2) is 4.39 Å². The van der Waals surface area contributed by atoms with Crippen LogP contribution in [0.15, 0.2) is 59.4 Å². The van der Waals surface area contributed by atoms with E-state index in [1.165, 1.54) is 18.2 Å². The Bertz CT molecular complexity index is 1060. The highest BCUT2D eigenvalue weighted by Gasteiger charge is 2.24. The van der Waals surface area contributed by atoms with Crippen LogP contribution in [0, 0.1) is 5.82 Å². The third-order valence-corrected chi connectivity index (χ3v) is 5.19. The number of carbonyl (C=O) groups is 1. The van der Waals surface area contributed by atoms with Crippen molar-refractivity contribution in [1.29, 1.82) is 0 Å². The van der Waals surface area contributed by atoms with Gasteiger partial charge in [-0.3, -0.25) is 14.5 Å². The molecule has 1 atom stereocenters. The van der Waals surface area contributed by atoms with Crippen molar-refractivity contribution in [3.05, 3.63) is 81.9 Å². The van der Waals surface area contributed by atoms with E-state index in [9.17, 15) is 14.0 Å². The van der Waals surface area contributed by atoms with Crippen molar-refractivity contribution in [2.45, 2.75) is 6.04 Å². The van der Waals surface area contributed by atoms with Gasteiger partial charge in [0.05, 0.1) is 24.8 Å². The second kappa shape index (κ2) is 8.55. The third-order valence-electron chi connectivity index (χ3n) is 5.19. The average molecular weight is 395 g/mol. The lowest BCUT2D eigenvalue weighted by molar-refractivity contribution is 0.0162. The van der Waals surface area contributed by atoms with Gasteiger partial charge < -0.3 is 15.0 Å². The normalized spacial score (nSPS) is 15.9. The summed E-state index contributed by atoms with van der Waals surface area (Å²) in [5.41, 5.74) is 1.55. The molecule has 1 saturated heterocycles. The van der Waals surface area contributed by atoms with Crippen LogP contribution in [0.25, 0.3) is 10.9 Å². The number of aromatic amines is 1. The second-order valence-electron chi connectivity index (χ2n) is 7.02. The number of aromatic nitrogens is 1. The number of pyridine rings is 1. The Labute approximate surface area is 167 Å². The lowest BCUT2D eigenvalue weighted by Gasteiger charge is -2.35. The van der Waals surface area contributed by atoms with E-state index in [0.717, 1.165) is 18.7 Å². The van der Waals surface area contributed by atoms with Crippen molar-refractivity contribution in [2.24, 2.45) is 0 Å². The number of hydrogen-bond acceptors (Lipinski definition) is 4. The molecule has 0 aliphatic carbocycles. The van der Waals surface area contributed by atoms with Crippen molar-refractivity contribution in [3.63, 3.8) is 0 Å². The second-order valence-corrected chi connectivity index (χ2v) is 7.02. The number of para-hydroxylation sites is 1. The van der Waals surface area contributed by atoms with Crippen molar-refractivity contribution in [3.8, 4) is 0 Å². The number of hydrogen-bond donors (Lipinski definition) is 2. The van der Waals surface area contributed by atoms with Crippen molar-refractivity contribution >= 4 is 16.8 Å². The summed E-state index contributed by atoms with van der Waals surface area (Å²) in [5.74, 6) is -0.610. The molecule has 2 heterocycles. The lowest BCUT2D eigenvalue weighted by atomic mass is 10.0. The van der Waals surface area contributed by atoms with Gasteiger partial charge in [-0.05, 0) is 23.8 Å². The monoisotopic (exact) mass is 395 g/mol. The molecule has 29 heavy (non-hydrogen) atoms. The molecule has 150 valence electrons. The average Bonchev–Trinajstić information content (AvgIpc) is 2.75. The van der Waals surface area contributed by atoms with Gasteiger partial charge in [0.15, 0.2) is 0 Å². The largest absolute Gasteiger partial charge is 0.379 e. The van der Waals surface area contributed by atoms with Gasteiger partial charge in [-0.2, -0.15) is 0 Å². The van der Waals surface area contributed by atoms with Gasteiger partial charge in [0, 0.05) is 36.6 Å². The van der Waals surface area contributed by atoms with Crippen LogP contribution in [0.1, 0.15) is 22.0 Å². The summed E-state index contributed by atoms with van der Waals surface area (Å²) in [6, 6.07) is 14.7. The maximum absolute atomic E-state index is 13.4. The molecule has 7 heteroatoms. The van der Waals surface area contributed by atoms with Crippen LogP contribution >= 0.6 is 0 Å². The fourth-order valence-electron chi connectivity index (χ4n) is 3.71. The van der Waals surface area contributed by atoms with Crippen molar-refractivity contribution in [1.82, 2.24) is 15.2 Å². The minimum atomic E-state index is -0.322. The molecular formula is C22H22FN3O3. The van der Waals surface area contributed by atoms with E-state index < -0.39 is 0 Å². The van der Waals surface area contributed by atoms with Crippen LogP contribution in [-0.4, -0.2) is 48.6 Å². The van der Waals surface area contributed by atoms with Crippen LogP contribution in [0.4, 0.5) is 4.39 Å². The molecule has 2 N–H and O–H groups in total.